The van der Waals surface area contributed by atoms with E-state index in [1.165, 1.54) is 11.3 Å². The number of hydrogen-bond acceptors (Lipinski definition) is 6. The molecule has 1 aromatic heterocycles. The van der Waals surface area contributed by atoms with Crippen LogP contribution in [0.2, 0.25) is 0 Å². The Kier molecular flexibility index (Phi) is 5.67. The number of thiazole rings is 1. The highest BCUT2D eigenvalue weighted by Crippen LogP contribution is 2.23. The van der Waals surface area contributed by atoms with E-state index in [2.05, 4.69) is 4.98 Å². The van der Waals surface area contributed by atoms with E-state index >= 15 is 0 Å². The monoisotopic (exact) mass is 360 g/mol. The van der Waals surface area contributed by atoms with Gasteiger partial charge in [-0.05, 0) is 40.0 Å². The molecule has 0 radical (unpaired) electrons. The fourth-order valence-electron chi connectivity index (χ4n) is 2.62. The third kappa shape index (κ3) is 5.76. The number of sulfone groups is 1. The average Bonchev–Trinajstić information content (AvgIpc) is 2.88. The largest absolute Gasteiger partial charge is 0.444 e. The molecule has 1 saturated heterocycles. The Morgan fingerprint density at radius 2 is 2.17 bits per heavy atom. The Bertz CT molecular complexity index is 620. The molecule has 1 aliphatic heterocycles. The van der Waals surface area contributed by atoms with Crippen LogP contribution in [0.3, 0.4) is 0 Å². The Labute approximate surface area is 141 Å². The van der Waals surface area contributed by atoms with Crippen LogP contribution in [0.25, 0.3) is 0 Å². The van der Waals surface area contributed by atoms with Gasteiger partial charge in [0.15, 0.2) is 9.84 Å². The van der Waals surface area contributed by atoms with E-state index in [0.717, 1.165) is 17.7 Å². The van der Waals surface area contributed by atoms with Gasteiger partial charge < -0.3 is 9.64 Å². The molecule has 1 atom stereocenters. The predicted molar refractivity (Wildman–Crippen MR) is 90.2 cm³/mol. The summed E-state index contributed by atoms with van der Waals surface area (Å²) in [5.41, 5.74) is 1.04. The van der Waals surface area contributed by atoms with Crippen molar-refractivity contribution < 1.29 is 17.9 Å². The van der Waals surface area contributed by atoms with Crippen molar-refractivity contribution in [3.8, 4) is 0 Å². The maximum absolute atomic E-state index is 12.4. The SMILES string of the molecule is CC(C)(C)OC(=O)N1CCCCC1CS(=O)(=O)Cc1cncs1. The Balaban J connectivity index is 2.04. The van der Waals surface area contributed by atoms with Crippen molar-refractivity contribution >= 4 is 27.3 Å². The third-order valence-corrected chi connectivity index (χ3v) is 6.15. The number of carbonyl (C=O) groups excluding carboxylic acids is 1. The van der Waals surface area contributed by atoms with Gasteiger partial charge in [0, 0.05) is 23.7 Å². The van der Waals surface area contributed by atoms with Crippen LogP contribution in [0.5, 0.6) is 0 Å². The van der Waals surface area contributed by atoms with E-state index in [0.29, 0.717) is 13.0 Å². The maximum Gasteiger partial charge on any atom is 0.410 e. The molecule has 0 N–H and O–H groups in total. The number of carbonyl (C=O) groups is 1. The quantitative estimate of drug-likeness (QED) is 0.825. The molecule has 23 heavy (non-hydrogen) atoms. The number of amides is 1. The molecule has 2 heterocycles. The summed E-state index contributed by atoms with van der Waals surface area (Å²) in [6, 6.07) is -0.309. The second-order valence-electron chi connectivity index (χ2n) is 6.85. The smallest absolute Gasteiger partial charge is 0.410 e. The molecule has 0 spiro atoms. The molecule has 6 nitrogen and oxygen atoms in total. The van der Waals surface area contributed by atoms with E-state index in [9.17, 15) is 13.2 Å². The molecule has 1 aliphatic rings. The van der Waals surface area contributed by atoms with E-state index in [4.69, 9.17) is 4.74 Å². The zero-order valence-corrected chi connectivity index (χ0v) is 15.5. The topological polar surface area (TPSA) is 76.6 Å². The van der Waals surface area contributed by atoms with Gasteiger partial charge in [0.25, 0.3) is 0 Å². The summed E-state index contributed by atoms with van der Waals surface area (Å²) in [4.78, 5) is 18.5. The van der Waals surface area contributed by atoms with Crippen LogP contribution in [0.15, 0.2) is 11.7 Å². The summed E-state index contributed by atoms with van der Waals surface area (Å²) < 4.78 is 30.3. The van der Waals surface area contributed by atoms with Crippen molar-refractivity contribution in [3.05, 3.63) is 16.6 Å². The normalized spacial score (nSPS) is 19.6. The first-order chi connectivity index (χ1) is 10.7. The Hall–Kier alpha value is -1.15. The molecule has 0 aliphatic carbocycles. The molecular weight excluding hydrogens is 336 g/mol. The second kappa shape index (κ2) is 7.17. The molecule has 0 aromatic carbocycles. The predicted octanol–water partition coefficient (Wildman–Crippen LogP) is 2.85. The lowest BCUT2D eigenvalue weighted by Gasteiger charge is -2.36. The lowest BCUT2D eigenvalue weighted by atomic mass is 10.0. The first-order valence-corrected chi connectivity index (χ1v) is 10.4. The first-order valence-electron chi connectivity index (χ1n) is 7.74. The van der Waals surface area contributed by atoms with Gasteiger partial charge in [-0.15, -0.1) is 11.3 Å². The fourth-order valence-corrected chi connectivity index (χ4v) is 5.37. The molecule has 1 unspecified atom stereocenters. The maximum atomic E-state index is 12.4. The van der Waals surface area contributed by atoms with Crippen molar-refractivity contribution in [2.75, 3.05) is 12.3 Å². The number of ether oxygens (including phenoxy) is 1. The van der Waals surface area contributed by atoms with Crippen molar-refractivity contribution in [1.82, 2.24) is 9.88 Å². The number of hydrogen-bond donors (Lipinski definition) is 0. The van der Waals surface area contributed by atoms with E-state index < -0.39 is 21.5 Å². The number of piperidine rings is 1. The molecule has 0 bridgehead atoms. The van der Waals surface area contributed by atoms with Gasteiger partial charge >= 0.3 is 6.09 Å². The van der Waals surface area contributed by atoms with Crippen LogP contribution in [-0.4, -0.2) is 48.3 Å². The van der Waals surface area contributed by atoms with E-state index in [1.807, 2.05) is 20.8 Å². The molecule has 8 heteroatoms. The minimum Gasteiger partial charge on any atom is -0.444 e. The molecule has 1 fully saturated rings. The highest BCUT2D eigenvalue weighted by Gasteiger charge is 2.33. The molecule has 1 aromatic rings. The zero-order valence-electron chi connectivity index (χ0n) is 13.8. The molecular formula is C15H24N2O4S2. The van der Waals surface area contributed by atoms with Crippen LogP contribution in [0.4, 0.5) is 4.79 Å². The third-order valence-electron chi connectivity index (χ3n) is 3.55. The lowest BCUT2D eigenvalue weighted by molar-refractivity contribution is 0.0124. The van der Waals surface area contributed by atoms with Gasteiger partial charge in [-0.2, -0.15) is 0 Å². The van der Waals surface area contributed by atoms with Crippen molar-refractivity contribution in [2.45, 2.75) is 57.4 Å². The summed E-state index contributed by atoms with van der Waals surface area (Å²) in [7, 11) is -3.29. The summed E-state index contributed by atoms with van der Waals surface area (Å²) in [6.45, 7) is 5.98. The van der Waals surface area contributed by atoms with Gasteiger partial charge in [0.05, 0.1) is 17.0 Å². The Morgan fingerprint density at radius 1 is 1.43 bits per heavy atom. The second-order valence-corrected chi connectivity index (χ2v) is 9.93. The molecule has 0 saturated carbocycles. The van der Waals surface area contributed by atoms with Crippen molar-refractivity contribution in [3.63, 3.8) is 0 Å². The summed E-state index contributed by atoms with van der Waals surface area (Å²) in [6.07, 6.45) is 3.66. The zero-order chi connectivity index (χ0) is 17.1. The Morgan fingerprint density at radius 3 is 2.78 bits per heavy atom. The minimum absolute atomic E-state index is 0.0175. The van der Waals surface area contributed by atoms with Crippen molar-refractivity contribution in [1.29, 1.82) is 0 Å². The van der Waals surface area contributed by atoms with Gasteiger partial charge in [0.2, 0.25) is 0 Å². The van der Waals surface area contributed by atoms with Crippen LogP contribution < -0.4 is 0 Å². The minimum atomic E-state index is -3.29. The number of nitrogens with zero attached hydrogens (tertiary/aromatic N) is 2. The molecule has 130 valence electrons. The van der Waals surface area contributed by atoms with Gasteiger partial charge in [-0.25, -0.2) is 13.2 Å². The van der Waals surface area contributed by atoms with Crippen molar-refractivity contribution in [2.24, 2.45) is 0 Å². The highest BCUT2D eigenvalue weighted by molar-refractivity contribution is 7.90. The standard InChI is InChI=1S/C15H24N2O4S2/c1-15(2,3)21-14(18)17-7-5-4-6-12(17)9-23(19,20)10-13-8-16-11-22-13/h8,11-12H,4-7,9-10H2,1-3H3. The summed E-state index contributed by atoms with van der Waals surface area (Å²) in [5.74, 6) is -0.0412. The first kappa shape index (κ1) is 18.2. The molecule has 1 amide bonds. The van der Waals surface area contributed by atoms with E-state index in [-0.39, 0.29) is 17.5 Å². The fraction of sp³-hybridized carbons (Fsp3) is 0.733. The average molecular weight is 361 g/mol. The van der Waals surface area contributed by atoms with Crippen LogP contribution >= 0.6 is 11.3 Å². The van der Waals surface area contributed by atoms with Gasteiger partial charge in [-0.3, -0.25) is 4.98 Å². The van der Waals surface area contributed by atoms with Crippen LogP contribution in [0.1, 0.15) is 44.9 Å². The number of aromatic nitrogens is 1. The summed E-state index contributed by atoms with van der Waals surface area (Å²) in [5, 5.41) is 0. The van der Waals surface area contributed by atoms with E-state index in [1.54, 1.807) is 16.6 Å². The number of rotatable bonds is 4. The van der Waals surface area contributed by atoms with Crippen LogP contribution in [-0.2, 0) is 20.3 Å². The highest BCUT2D eigenvalue weighted by atomic mass is 32.2. The van der Waals surface area contributed by atoms with Gasteiger partial charge in [-0.1, -0.05) is 0 Å². The van der Waals surface area contributed by atoms with Gasteiger partial charge in [0.1, 0.15) is 5.60 Å². The molecule has 2 rings (SSSR count). The number of likely N-dealkylation sites (tertiary alicyclic amines) is 1. The summed E-state index contributed by atoms with van der Waals surface area (Å²) >= 11 is 1.33. The van der Waals surface area contributed by atoms with Crippen LogP contribution in [0, 0.1) is 0 Å². The lowest BCUT2D eigenvalue weighted by Crippen LogP contribution is -2.49.